The average Bonchev–Trinajstić information content (AvgIpc) is 3.08. The van der Waals surface area contributed by atoms with E-state index in [1.165, 1.54) is 42.9 Å². The topological polar surface area (TPSA) is 46.6 Å². The molecule has 3 fully saturated rings. The smallest absolute Gasteiger partial charge is 0.163 e. The number of ether oxygens (including phenoxy) is 2. The molecular formula is C24H33N3O2. The fourth-order valence-corrected chi connectivity index (χ4v) is 5.69. The van der Waals surface area contributed by atoms with Crippen LogP contribution in [0.3, 0.4) is 0 Å². The molecule has 29 heavy (non-hydrogen) atoms. The highest BCUT2D eigenvalue weighted by atomic mass is 16.5. The fourth-order valence-electron chi connectivity index (χ4n) is 5.69. The molecule has 1 N–H and O–H groups in total. The van der Waals surface area contributed by atoms with Gasteiger partial charge in [-0.1, -0.05) is 6.92 Å². The molecule has 2 saturated heterocycles. The number of benzene rings is 1. The van der Waals surface area contributed by atoms with Crippen molar-refractivity contribution in [3.63, 3.8) is 0 Å². The van der Waals surface area contributed by atoms with Gasteiger partial charge in [0, 0.05) is 49.5 Å². The predicted molar refractivity (Wildman–Crippen MR) is 117 cm³/mol. The van der Waals surface area contributed by atoms with E-state index in [1.807, 2.05) is 7.05 Å². The first kappa shape index (κ1) is 19.0. The van der Waals surface area contributed by atoms with Crippen LogP contribution in [0.2, 0.25) is 0 Å². The number of piperidine rings is 2. The van der Waals surface area contributed by atoms with Crippen molar-refractivity contribution < 1.29 is 9.47 Å². The Morgan fingerprint density at radius 2 is 1.93 bits per heavy atom. The van der Waals surface area contributed by atoms with Crippen molar-refractivity contribution in [2.24, 2.45) is 17.8 Å². The Morgan fingerprint density at radius 1 is 1.14 bits per heavy atom. The van der Waals surface area contributed by atoms with Crippen LogP contribution in [0.1, 0.15) is 37.4 Å². The molecule has 6 rings (SSSR count). The monoisotopic (exact) mass is 395 g/mol. The van der Waals surface area contributed by atoms with Gasteiger partial charge in [0.05, 0.1) is 19.2 Å². The number of fused-ring (bicyclic) bond motifs is 4. The van der Waals surface area contributed by atoms with Gasteiger partial charge in [0.25, 0.3) is 0 Å². The Hall–Kier alpha value is -2.01. The molecule has 2 bridgehead atoms. The third kappa shape index (κ3) is 3.54. The summed E-state index contributed by atoms with van der Waals surface area (Å²) in [6.45, 7) is 6.73. The number of pyridine rings is 1. The molecule has 1 aromatic carbocycles. The van der Waals surface area contributed by atoms with E-state index in [2.05, 4.69) is 29.3 Å². The third-order valence-corrected chi connectivity index (χ3v) is 7.04. The SMILES string of the molecule is CNc1c2c(nc3cc(OCCCN4CC5CC(C5)C4)c(OC)cc13)CC(C)C2. The quantitative estimate of drug-likeness (QED) is 0.714. The van der Waals surface area contributed by atoms with Crippen LogP contribution < -0.4 is 14.8 Å². The van der Waals surface area contributed by atoms with Gasteiger partial charge in [-0.25, -0.2) is 0 Å². The van der Waals surface area contributed by atoms with Gasteiger partial charge in [-0.2, -0.15) is 0 Å². The first-order valence-corrected chi connectivity index (χ1v) is 11.2. The molecule has 3 heterocycles. The van der Waals surface area contributed by atoms with Gasteiger partial charge in [0.2, 0.25) is 0 Å². The van der Waals surface area contributed by atoms with Crippen molar-refractivity contribution >= 4 is 16.6 Å². The number of hydrogen-bond donors (Lipinski definition) is 1. The van der Waals surface area contributed by atoms with E-state index in [0.29, 0.717) is 12.5 Å². The van der Waals surface area contributed by atoms with Crippen LogP contribution in [0.25, 0.3) is 10.9 Å². The van der Waals surface area contributed by atoms with Crippen molar-refractivity contribution in [2.75, 3.05) is 45.7 Å². The lowest BCUT2D eigenvalue weighted by molar-refractivity contribution is 0.0251. The van der Waals surface area contributed by atoms with Crippen molar-refractivity contribution in [1.29, 1.82) is 0 Å². The molecule has 0 amide bonds. The van der Waals surface area contributed by atoms with Gasteiger partial charge in [0.1, 0.15) is 0 Å². The lowest BCUT2D eigenvalue weighted by atomic mass is 9.71. The zero-order valence-electron chi connectivity index (χ0n) is 18.0. The van der Waals surface area contributed by atoms with E-state index in [4.69, 9.17) is 14.5 Å². The zero-order valence-corrected chi connectivity index (χ0v) is 18.0. The third-order valence-electron chi connectivity index (χ3n) is 7.04. The minimum absolute atomic E-state index is 0.653. The summed E-state index contributed by atoms with van der Waals surface area (Å²) in [5.41, 5.74) is 4.79. The van der Waals surface area contributed by atoms with Crippen LogP contribution in [0.4, 0.5) is 5.69 Å². The van der Waals surface area contributed by atoms with Gasteiger partial charge in [0.15, 0.2) is 11.5 Å². The summed E-state index contributed by atoms with van der Waals surface area (Å²) in [6.07, 6.45) is 6.13. The van der Waals surface area contributed by atoms with Crippen molar-refractivity contribution in [2.45, 2.75) is 39.0 Å². The van der Waals surface area contributed by atoms with E-state index >= 15 is 0 Å². The molecule has 1 atom stereocenters. The minimum Gasteiger partial charge on any atom is -0.493 e. The maximum absolute atomic E-state index is 6.17. The van der Waals surface area contributed by atoms with Crippen LogP contribution in [-0.2, 0) is 12.8 Å². The Kier molecular flexibility index (Phi) is 5.02. The van der Waals surface area contributed by atoms with Gasteiger partial charge in [-0.05, 0) is 61.5 Å². The van der Waals surface area contributed by atoms with Crippen molar-refractivity contribution in [3.8, 4) is 11.5 Å². The molecular weight excluding hydrogens is 362 g/mol. The minimum atomic E-state index is 0.653. The van der Waals surface area contributed by atoms with Gasteiger partial charge in [-0.15, -0.1) is 0 Å². The molecule has 156 valence electrons. The van der Waals surface area contributed by atoms with Crippen LogP contribution in [-0.4, -0.2) is 50.3 Å². The summed E-state index contributed by atoms with van der Waals surface area (Å²) >= 11 is 0. The molecule has 2 aliphatic heterocycles. The molecule has 5 nitrogen and oxygen atoms in total. The van der Waals surface area contributed by atoms with Crippen LogP contribution in [0.15, 0.2) is 12.1 Å². The molecule has 2 aliphatic carbocycles. The number of rotatable bonds is 7. The summed E-state index contributed by atoms with van der Waals surface area (Å²) < 4.78 is 11.8. The summed E-state index contributed by atoms with van der Waals surface area (Å²) in [4.78, 5) is 7.60. The molecule has 4 aliphatic rings. The zero-order chi connectivity index (χ0) is 20.0. The number of methoxy groups -OCH3 is 1. The molecule has 1 unspecified atom stereocenters. The number of aromatic nitrogens is 1. The highest BCUT2D eigenvalue weighted by molar-refractivity contribution is 5.95. The molecule has 0 radical (unpaired) electrons. The highest BCUT2D eigenvalue weighted by Gasteiger charge is 2.36. The first-order valence-electron chi connectivity index (χ1n) is 11.2. The maximum Gasteiger partial charge on any atom is 0.163 e. The summed E-state index contributed by atoms with van der Waals surface area (Å²) in [6, 6.07) is 4.15. The Bertz CT molecular complexity index is 897. The van der Waals surface area contributed by atoms with Crippen molar-refractivity contribution in [3.05, 3.63) is 23.4 Å². The number of hydrogen-bond acceptors (Lipinski definition) is 5. The van der Waals surface area contributed by atoms with Crippen LogP contribution in [0, 0.1) is 17.8 Å². The normalized spacial score (nSPS) is 25.6. The van der Waals surface area contributed by atoms with E-state index in [0.717, 1.165) is 60.0 Å². The fraction of sp³-hybridized carbons (Fsp3) is 0.625. The van der Waals surface area contributed by atoms with Crippen LogP contribution >= 0.6 is 0 Å². The summed E-state index contributed by atoms with van der Waals surface area (Å²) in [5.74, 6) is 4.18. The number of nitrogens with zero attached hydrogens (tertiary/aromatic N) is 2. The summed E-state index contributed by atoms with van der Waals surface area (Å²) in [7, 11) is 3.72. The Labute approximate surface area is 173 Å². The average molecular weight is 396 g/mol. The van der Waals surface area contributed by atoms with E-state index < -0.39 is 0 Å². The predicted octanol–water partition coefficient (Wildman–Crippen LogP) is 4.13. The second-order valence-corrected chi connectivity index (χ2v) is 9.36. The lowest BCUT2D eigenvalue weighted by Gasteiger charge is -2.47. The Balaban J connectivity index is 1.31. The number of nitrogens with one attached hydrogen (secondary N) is 1. The standard InChI is InChI=1S/C24H33N3O2/c1-15-7-18-20(8-15)26-21-12-23(22(28-3)11-19(21)24(18)25-2)29-6-4-5-27-13-16-9-17(10-16)14-27/h11-12,15-17H,4-10,13-14H2,1-3H3,(H,25,26). The molecule has 1 aromatic heterocycles. The summed E-state index contributed by atoms with van der Waals surface area (Å²) in [5, 5.41) is 4.54. The van der Waals surface area contributed by atoms with E-state index in [-0.39, 0.29) is 0 Å². The molecule has 0 spiro atoms. The Morgan fingerprint density at radius 3 is 2.66 bits per heavy atom. The van der Waals surface area contributed by atoms with E-state index in [9.17, 15) is 0 Å². The molecule has 5 heteroatoms. The van der Waals surface area contributed by atoms with Gasteiger partial charge >= 0.3 is 0 Å². The molecule has 1 saturated carbocycles. The van der Waals surface area contributed by atoms with E-state index in [1.54, 1.807) is 7.11 Å². The van der Waals surface area contributed by atoms with Gasteiger partial charge in [-0.3, -0.25) is 4.98 Å². The largest absolute Gasteiger partial charge is 0.493 e. The highest BCUT2D eigenvalue weighted by Crippen LogP contribution is 2.41. The van der Waals surface area contributed by atoms with Gasteiger partial charge < -0.3 is 19.7 Å². The molecule has 2 aromatic rings. The second kappa shape index (κ2) is 7.67. The first-order chi connectivity index (χ1) is 14.1. The second-order valence-electron chi connectivity index (χ2n) is 9.36. The number of anilines is 1. The lowest BCUT2D eigenvalue weighted by Crippen LogP contribution is -2.48. The van der Waals surface area contributed by atoms with Crippen LogP contribution in [0.5, 0.6) is 11.5 Å². The van der Waals surface area contributed by atoms with Crippen molar-refractivity contribution in [1.82, 2.24) is 9.88 Å². The maximum atomic E-state index is 6.17.